The van der Waals surface area contributed by atoms with E-state index in [2.05, 4.69) is 25.7 Å². The highest BCUT2D eigenvalue weighted by atomic mass is 16.5. The van der Waals surface area contributed by atoms with Gasteiger partial charge in [0, 0.05) is 39.6 Å². The Kier molecular flexibility index (Phi) is 4.58. The van der Waals surface area contributed by atoms with Gasteiger partial charge in [-0.25, -0.2) is 4.98 Å². The minimum atomic E-state index is -0.542. The zero-order valence-electron chi connectivity index (χ0n) is 18.7. The van der Waals surface area contributed by atoms with Gasteiger partial charge in [-0.1, -0.05) is 5.16 Å². The van der Waals surface area contributed by atoms with Crippen molar-refractivity contribution in [3.05, 3.63) is 59.4 Å². The van der Waals surface area contributed by atoms with Gasteiger partial charge in [-0.2, -0.15) is 0 Å². The number of likely N-dealkylation sites (tertiary alicyclic amines) is 1. The molecule has 2 amide bonds. The molecule has 9 nitrogen and oxygen atoms in total. The average molecular weight is 435 g/mol. The number of hydrogen-bond donors (Lipinski definition) is 0. The number of fused-ring (bicyclic) bond motifs is 4. The van der Waals surface area contributed by atoms with Gasteiger partial charge in [0.2, 0.25) is 5.91 Å². The normalized spacial score (nSPS) is 19.2. The molecule has 0 radical (unpaired) electrons. The third-order valence-electron chi connectivity index (χ3n) is 6.60. The molecule has 0 aromatic carbocycles. The van der Waals surface area contributed by atoms with Gasteiger partial charge in [0.05, 0.1) is 23.6 Å². The summed E-state index contributed by atoms with van der Waals surface area (Å²) in [6, 6.07) is 7.94. The van der Waals surface area contributed by atoms with Gasteiger partial charge >= 0.3 is 0 Å². The van der Waals surface area contributed by atoms with Crippen LogP contribution in [0.1, 0.15) is 33.9 Å². The third-order valence-corrected chi connectivity index (χ3v) is 6.60. The van der Waals surface area contributed by atoms with E-state index in [1.807, 2.05) is 29.3 Å². The molecule has 1 saturated heterocycles. The maximum absolute atomic E-state index is 13.4. The van der Waals surface area contributed by atoms with Crippen molar-refractivity contribution in [2.75, 3.05) is 38.6 Å². The zero-order chi connectivity index (χ0) is 22.6. The monoisotopic (exact) mass is 434 g/mol. The van der Waals surface area contributed by atoms with Crippen molar-refractivity contribution >= 4 is 17.5 Å². The lowest BCUT2D eigenvalue weighted by Crippen LogP contribution is -2.55. The van der Waals surface area contributed by atoms with Crippen LogP contribution in [0.25, 0.3) is 5.82 Å². The van der Waals surface area contributed by atoms with Crippen molar-refractivity contribution in [3.8, 4) is 5.82 Å². The van der Waals surface area contributed by atoms with Crippen LogP contribution in [0, 0.1) is 13.8 Å². The Balaban J connectivity index is 1.60. The first-order valence-corrected chi connectivity index (χ1v) is 10.7. The Labute approximate surface area is 186 Å². The highest BCUT2D eigenvalue weighted by Crippen LogP contribution is 2.47. The molecule has 0 aliphatic carbocycles. The molecule has 3 aromatic rings. The van der Waals surface area contributed by atoms with E-state index in [-0.39, 0.29) is 18.4 Å². The molecular formula is C23H26N6O3. The molecule has 1 fully saturated rings. The van der Waals surface area contributed by atoms with Gasteiger partial charge in [0.1, 0.15) is 16.9 Å². The number of anilines is 1. The second kappa shape index (κ2) is 7.22. The molecule has 5 heterocycles. The lowest BCUT2D eigenvalue weighted by molar-refractivity contribution is -0.127. The molecular weight excluding hydrogens is 408 g/mol. The molecule has 1 atom stereocenters. The highest BCUT2D eigenvalue weighted by Gasteiger charge is 2.51. The van der Waals surface area contributed by atoms with E-state index in [1.54, 1.807) is 39.0 Å². The van der Waals surface area contributed by atoms with E-state index in [4.69, 9.17) is 4.52 Å². The zero-order valence-corrected chi connectivity index (χ0v) is 18.7. The second-order valence-electron chi connectivity index (χ2n) is 8.69. The summed E-state index contributed by atoms with van der Waals surface area (Å²) in [5.41, 5.74) is 2.49. The Morgan fingerprint density at radius 1 is 1.22 bits per heavy atom. The Bertz CT molecular complexity index is 1190. The summed E-state index contributed by atoms with van der Waals surface area (Å²) in [7, 11) is 3.52. The van der Waals surface area contributed by atoms with Gasteiger partial charge in [-0.05, 0) is 44.5 Å². The second-order valence-corrected chi connectivity index (χ2v) is 8.69. The van der Waals surface area contributed by atoms with E-state index in [0.717, 1.165) is 17.2 Å². The number of amides is 2. The van der Waals surface area contributed by atoms with Crippen LogP contribution in [-0.2, 0) is 10.3 Å². The van der Waals surface area contributed by atoms with Crippen molar-refractivity contribution in [1.29, 1.82) is 0 Å². The SMILES string of the molecule is Cc1noc(C)c1C(=O)N1CCC2(C1)c1cccn1-c1ncccc1N2CC(=O)N(C)C. The smallest absolute Gasteiger partial charge is 0.259 e. The van der Waals surface area contributed by atoms with Crippen LogP contribution in [0.5, 0.6) is 0 Å². The molecule has 1 unspecified atom stereocenters. The number of nitrogens with zero attached hydrogens (tertiary/aromatic N) is 6. The van der Waals surface area contributed by atoms with Gasteiger partial charge in [-0.15, -0.1) is 0 Å². The van der Waals surface area contributed by atoms with E-state index in [9.17, 15) is 9.59 Å². The van der Waals surface area contributed by atoms with E-state index in [1.165, 1.54) is 0 Å². The summed E-state index contributed by atoms with van der Waals surface area (Å²) < 4.78 is 7.31. The minimum Gasteiger partial charge on any atom is -0.361 e. The first kappa shape index (κ1) is 20.3. The van der Waals surface area contributed by atoms with Crippen LogP contribution in [-0.4, -0.2) is 70.1 Å². The van der Waals surface area contributed by atoms with Crippen molar-refractivity contribution in [3.63, 3.8) is 0 Å². The number of pyridine rings is 1. The largest absolute Gasteiger partial charge is 0.361 e. The predicted octanol–water partition coefficient (Wildman–Crippen LogP) is 2.13. The van der Waals surface area contributed by atoms with E-state index < -0.39 is 5.54 Å². The van der Waals surface area contributed by atoms with Gasteiger partial charge in [0.25, 0.3) is 5.91 Å². The number of carbonyl (C=O) groups is 2. The first-order chi connectivity index (χ1) is 15.3. The Morgan fingerprint density at radius 2 is 2.03 bits per heavy atom. The number of aryl methyl sites for hydroxylation is 2. The fourth-order valence-electron chi connectivity index (χ4n) is 4.95. The van der Waals surface area contributed by atoms with Crippen LogP contribution in [0.4, 0.5) is 5.69 Å². The molecule has 0 bridgehead atoms. The van der Waals surface area contributed by atoms with Gasteiger partial charge < -0.3 is 23.8 Å². The number of hydrogen-bond acceptors (Lipinski definition) is 6. The maximum Gasteiger partial charge on any atom is 0.259 e. The molecule has 2 aliphatic rings. The highest BCUT2D eigenvalue weighted by molar-refractivity contribution is 5.96. The minimum absolute atomic E-state index is 0.00492. The van der Waals surface area contributed by atoms with Crippen LogP contribution in [0.15, 0.2) is 41.2 Å². The summed E-state index contributed by atoms with van der Waals surface area (Å²) in [5, 5.41) is 3.95. The van der Waals surface area contributed by atoms with Crippen molar-refractivity contribution in [2.24, 2.45) is 0 Å². The van der Waals surface area contributed by atoms with Crippen molar-refractivity contribution < 1.29 is 14.1 Å². The summed E-state index contributed by atoms with van der Waals surface area (Å²) in [6.07, 6.45) is 4.45. The lowest BCUT2D eigenvalue weighted by Gasteiger charge is -2.46. The quantitative estimate of drug-likeness (QED) is 0.628. The molecule has 0 N–H and O–H groups in total. The number of carbonyl (C=O) groups excluding carboxylic acids is 2. The lowest BCUT2D eigenvalue weighted by atomic mass is 9.88. The third kappa shape index (κ3) is 2.84. The molecule has 0 saturated carbocycles. The van der Waals surface area contributed by atoms with Crippen molar-refractivity contribution in [2.45, 2.75) is 25.8 Å². The molecule has 166 valence electrons. The number of likely N-dealkylation sites (N-methyl/N-ethyl adjacent to an activating group) is 1. The summed E-state index contributed by atoms with van der Waals surface area (Å²) >= 11 is 0. The standard InChI is InChI=1S/C23H26N6O3/c1-15-20(16(2)32-25-15)22(31)27-12-9-23(14-27)18-8-6-11-28(18)21-17(7-5-10-24-21)29(23)13-19(30)26(3)4/h5-8,10-11H,9,12-14H2,1-4H3. The van der Waals surface area contributed by atoms with Crippen LogP contribution in [0.2, 0.25) is 0 Å². The molecule has 9 heteroatoms. The molecule has 32 heavy (non-hydrogen) atoms. The first-order valence-electron chi connectivity index (χ1n) is 10.7. The summed E-state index contributed by atoms with van der Waals surface area (Å²) in [5.74, 6) is 1.22. The Morgan fingerprint density at radius 3 is 2.75 bits per heavy atom. The van der Waals surface area contributed by atoms with Gasteiger partial charge in [-0.3, -0.25) is 9.59 Å². The van der Waals surface area contributed by atoms with E-state index >= 15 is 0 Å². The number of aromatic nitrogens is 3. The van der Waals surface area contributed by atoms with Gasteiger partial charge in [0.15, 0.2) is 5.82 Å². The topological polar surface area (TPSA) is 87.7 Å². The maximum atomic E-state index is 13.4. The van der Waals surface area contributed by atoms with E-state index in [0.29, 0.717) is 36.5 Å². The van der Waals surface area contributed by atoms with Crippen molar-refractivity contribution in [1.82, 2.24) is 24.5 Å². The van der Waals surface area contributed by atoms with Crippen LogP contribution >= 0.6 is 0 Å². The molecule has 1 spiro atoms. The predicted molar refractivity (Wildman–Crippen MR) is 118 cm³/mol. The molecule has 2 aliphatic heterocycles. The Hall–Kier alpha value is -3.62. The van der Waals surface area contributed by atoms with Crippen LogP contribution in [0.3, 0.4) is 0 Å². The fraction of sp³-hybridized carbons (Fsp3) is 0.391. The number of rotatable bonds is 3. The van der Waals surface area contributed by atoms with Crippen LogP contribution < -0.4 is 4.90 Å². The molecule has 3 aromatic heterocycles. The molecule has 5 rings (SSSR count). The fourth-order valence-corrected chi connectivity index (χ4v) is 4.95. The summed E-state index contributed by atoms with van der Waals surface area (Å²) in [6.45, 7) is 4.76. The average Bonchev–Trinajstić information content (AvgIpc) is 3.50. The summed E-state index contributed by atoms with van der Waals surface area (Å²) in [4.78, 5) is 36.5.